The molecule has 7 heteroatoms. The maximum atomic E-state index is 12.2. The number of esters is 1. The van der Waals surface area contributed by atoms with E-state index in [0.29, 0.717) is 11.3 Å². The van der Waals surface area contributed by atoms with E-state index in [0.717, 1.165) is 0 Å². The Morgan fingerprint density at radius 2 is 1.87 bits per heavy atom. The van der Waals surface area contributed by atoms with Crippen LogP contribution in [0.3, 0.4) is 0 Å². The Kier molecular flexibility index (Phi) is 6.74. The number of nitrogens with zero attached hydrogens (tertiary/aromatic N) is 1. The molecule has 0 spiro atoms. The van der Waals surface area contributed by atoms with Gasteiger partial charge >= 0.3 is 5.97 Å². The minimum atomic E-state index is -0.892. The fourth-order valence-electron chi connectivity index (χ4n) is 1.91. The van der Waals surface area contributed by atoms with E-state index in [2.05, 4.69) is 15.4 Å². The highest BCUT2D eigenvalue weighted by Crippen LogP contribution is 2.11. The molecule has 2 atom stereocenters. The summed E-state index contributed by atoms with van der Waals surface area (Å²) < 4.78 is 4.65. The summed E-state index contributed by atoms with van der Waals surface area (Å²) in [5.41, 5.74) is 0.897. The molecule has 0 saturated heterocycles. The van der Waals surface area contributed by atoms with Crippen LogP contribution in [0.2, 0.25) is 0 Å². The number of hydrogen-bond donors (Lipinski definition) is 2. The highest BCUT2D eigenvalue weighted by Gasteiger charge is 2.24. The van der Waals surface area contributed by atoms with E-state index in [4.69, 9.17) is 5.26 Å². The highest BCUT2D eigenvalue weighted by atomic mass is 16.5. The first kappa shape index (κ1) is 18.2. The third kappa shape index (κ3) is 5.79. The van der Waals surface area contributed by atoms with Crippen LogP contribution < -0.4 is 10.6 Å². The average Bonchev–Trinajstić information content (AvgIpc) is 2.53. The van der Waals surface area contributed by atoms with Crippen LogP contribution >= 0.6 is 0 Å². The molecule has 0 fully saturated rings. The van der Waals surface area contributed by atoms with E-state index in [1.54, 1.807) is 19.1 Å². The molecule has 0 aromatic heterocycles. The van der Waals surface area contributed by atoms with E-state index in [-0.39, 0.29) is 12.3 Å². The molecule has 0 heterocycles. The average molecular weight is 317 g/mol. The van der Waals surface area contributed by atoms with Crippen molar-refractivity contribution in [3.63, 3.8) is 0 Å². The monoisotopic (exact) mass is 317 g/mol. The zero-order valence-electron chi connectivity index (χ0n) is 13.3. The minimum Gasteiger partial charge on any atom is -0.467 e. The number of benzene rings is 1. The summed E-state index contributed by atoms with van der Waals surface area (Å²) in [6.07, 6.45) is 0.166. The molecule has 23 heavy (non-hydrogen) atoms. The van der Waals surface area contributed by atoms with Crippen molar-refractivity contribution in [3.05, 3.63) is 29.8 Å². The van der Waals surface area contributed by atoms with Gasteiger partial charge in [0.2, 0.25) is 5.91 Å². The number of nitrogens with one attached hydrogen (secondary N) is 2. The van der Waals surface area contributed by atoms with Gasteiger partial charge in [-0.15, -0.1) is 0 Å². The normalized spacial score (nSPS) is 12.4. The van der Waals surface area contributed by atoms with Gasteiger partial charge in [-0.1, -0.05) is 0 Å². The molecule has 0 aliphatic heterocycles. The fourth-order valence-corrected chi connectivity index (χ4v) is 1.91. The topological polar surface area (TPSA) is 108 Å². The molecule has 122 valence electrons. The van der Waals surface area contributed by atoms with Gasteiger partial charge in [0.15, 0.2) is 0 Å². The maximum Gasteiger partial charge on any atom is 0.328 e. The Morgan fingerprint density at radius 1 is 1.26 bits per heavy atom. The summed E-state index contributed by atoms with van der Waals surface area (Å²) in [4.78, 5) is 34.8. The molecule has 1 rings (SSSR count). The van der Waals surface area contributed by atoms with Crippen molar-refractivity contribution < 1.29 is 19.1 Å². The summed E-state index contributed by atoms with van der Waals surface area (Å²) in [5, 5.41) is 14.0. The van der Waals surface area contributed by atoms with Crippen molar-refractivity contribution in [2.24, 2.45) is 5.92 Å². The molecule has 7 nitrogen and oxygen atoms in total. The van der Waals surface area contributed by atoms with Crippen molar-refractivity contribution in [3.8, 4) is 6.07 Å². The predicted octanol–water partition coefficient (Wildman–Crippen LogP) is 1.47. The van der Waals surface area contributed by atoms with Crippen LogP contribution in [-0.4, -0.2) is 30.9 Å². The smallest absolute Gasteiger partial charge is 0.328 e. The quantitative estimate of drug-likeness (QED) is 0.772. The first-order valence-corrected chi connectivity index (χ1v) is 7.03. The Bertz CT molecular complexity index is 619. The van der Waals surface area contributed by atoms with Crippen LogP contribution in [0.4, 0.5) is 5.69 Å². The molecule has 0 unspecified atom stereocenters. The number of nitriles is 1. The molecule has 0 saturated carbocycles. The lowest BCUT2D eigenvalue weighted by Gasteiger charge is -2.17. The van der Waals surface area contributed by atoms with Gasteiger partial charge in [-0.3, -0.25) is 9.59 Å². The molecular weight excluding hydrogens is 298 g/mol. The van der Waals surface area contributed by atoms with E-state index in [1.165, 1.54) is 26.2 Å². The van der Waals surface area contributed by atoms with E-state index in [9.17, 15) is 14.4 Å². The first-order valence-electron chi connectivity index (χ1n) is 7.03. The van der Waals surface area contributed by atoms with Crippen LogP contribution in [-0.2, 0) is 14.3 Å². The van der Waals surface area contributed by atoms with Crippen LogP contribution in [0.1, 0.15) is 30.6 Å². The molecule has 0 aliphatic rings. The standard InChI is InChI=1S/C16H19N3O4/c1-10(9-17)8-14(16(22)23-3)19-15(21)12-4-6-13(7-5-12)18-11(2)20/h4-7,10,14H,8H2,1-3H3,(H,18,20)(H,19,21)/t10-,14+/m0/s1. The zero-order chi connectivity index (χ0) is 17.4. The summed E-state index contributed by atoms with van der Waals surface area (Å²) in [7, 11) is 1.22. The summed E-state index contributed by atoms with van der Waals surface area (Å²) >= 11 is 0. The highest BCUT2D eigenvalue weighted by molar-refractivity contribution is 5.97. The minimum absolute atomic E-state index is 0.166. The van der Waals surface area contributed by atoms with Crippen molar-refractivity contribution in [2.75, 3.05) is 12.4 Å². The van der Waals surface area contributed by atoms with Crippen LogP contribution in [0.15, 0.2) is 24.3 Å². The second-order valence-corrected chi connectivity index (χ2v) is 5.07. The van der Waals surface area contributed by atoms with Crippen molar-refractivity contribution in [1.29, 1.82) is 5.26 Å². The lowest BCUT2D eigenvalue weighted by molar-refractivity contribution is -0.143. The molecule has 2 N–H and O–H groups in total. The second kappa shape index (κ2) is 8.54. The Hall–Kier alpha value is -2.88. The van der Waals surface area contributed by atoms with Gasteiger partial charge in [0.05, 0.1) is 13.2 Å². The van der Waals surface area contributed by atoms with Gasteiger partial charge in [0.25, 0.3) is 5.91 Å². The number of ether oxygens (including phenoxy) is 1. The van der Waals surface area contributed by atoms with Crippen molar-refractivity contribution in [1.82, 2.24) is 5.32 Å². The molecule has 0 radical (unpaired) electrons. The molecule has 0 aliphatic carbocycles. The van der Waals surface area contributed by atoms with Crippen LogP contribution in [0, 0.1) is 17.2 Å². The van der Waals surface area contributed by atoms with E-state index < -0.39 is 23.8 Å². The van der Waals surface area contributed by atoms with Gasteiger partial charge in [0, 0.05) is 24.1 Å². The van der Waals surface area contributed by atoms with Crippen molar-refractivity contribution in [2.45, 2.75) is 26.3 Å². The SMILES string of the molecule is COC(=O)[C@@H](C[C@H](C)C#N)NC(=O)c1ccc(NC(C)=O)cc1. The molecule has 1 aromatic rings. The molecule has 2 amide bonds. The number of anilines is 1. The number of methoxy groups -OCH3 is 1. The van der Waals surface area contributed by atoms with E-state index in [1.807, 2.05) is 6.07 Å². The molecular formula is C16H19N3O4. The number of carbonyl (C=O) groups is 3. The van der Waals surface area contributed by atoms with Gasteiger partial charge < -0.3 is 15.4 Å². The Balaban J connectivity index is 2.80. The first-order chi connectivity index (χ1) is 10.9. The summed E-state index contributed by atoms with van der Waals surface area (Å²) in [6, 6.07) is 7.35. The summed E-state index contributed by atoms with van der Waals surface area (Å²) in [5.74, 6) is -1.67. The number of rotatable bonds is 6. The number of amides is 2. The summed E-state index contributed by atoms with van der Waals surface area (Å²) in [6.45, 7) is 3.04. The maximum absolute atomic E-state index is 12.2. The van der Waals surface area contributed by atoms with E-state index >= 15 is 0 Å². The largest absolute Gasteiger partial charge is 0.467 e. The Morgan fingerprint density at radius 3 is 2.35 bits per heavy atom. The third-order valence-electron chi connectivity index (χ3n) is 3.07. The number of hydrogen-bond acceptors (Lipinski definition) is 5. The third-order valence-corrected chi connectivity index (χ3v) is 3.07. The van der Waals surface area contributed by atoms with Gasteiger partial charge in [-0.2, -0.15) is 5.26 Å². The predicted molar refractivity (Wildman–Crippen MR) is 83.4 cm³/mol. The van der Waals surface area contributed by atoms with Crippen LogP contribution in [0.5, 0.6) is 0 Å². The fraction of sp³-hybridized carbons (Fsp3) is 0.375. The molecule has 1 aromatic carbocycles. The lowest BCUT2D eigenvalue weighted by Crippen LogP contribution is -2.42. The second-order valence-electron chi connectivity index (χ2n) is 5.07. The Labute approximate surface area is 134 Å². The van der Waals surface area contributed by atoms with Gasteiger partial charge in [-0.05, 0) is 37.6 Å². The van der Waals surface area contributed by atoms with Gasteiger partial charge in [0.1, 0.15) is 6.04 Å². The molecule has 0 bridgehead atoms. The van der Waals surface area contributed by atoms with Crippen molar-refractivity contribution >= 4 is 23.5 Å². The zero-order valence-corrected chi connectivity index (χ0v) is 13.3. The van der Waals surface area contributed by atoms with Crippen LogP contribution in [0.25, 0.3) is 0 Å². The lowest BCUT2D eigenvalue weighted by atomic mass is 10.0. The number of carbonyl (C=O) groups excluding carboxylic acids is 3. The van der Waals surface area contributed by atoms with Gasteiger partial charge in [-0.25, -0.2) is 4.79 Å².